The molecule has 10 heteroatoms. The molecule has 8 nitrogen and oxygen atoms in total. The Bertz CT molecular complexity index is 1060. The molecule has 2 aromatic heterocycles. The van der Waals surface area contributed by atoms with Gasteiger partial charge in [0, 0.05) is 16.5 Å². The van der Waals surface area contributed by atoms with E-state index in [1.807, 2.05) is 6.92 Å². The van der Waals surface area contributed by atoms with Crippen LogP contribution in [0.2, 0.25) is 5.02 Å². The van der Waals surface area contributed by atoms with Gasteiger partial charge in [0.1, 0.15) is 16.2 Å². The second-order valence-corrected chi connectivity index (χ2v) is 6.59. The molecule has 0 radical (unpaired) electrons. The third kappa shape index (κ3) is 3.24. The van der Waals surface area contributed by atoms with Crippen LogP contribution in [-0.2, 0) is 6.42 Å². The minimum absolute atomic E-state index is 0.00247. The van der Waals surface area contributed by atoms with Crippen molar-refractivity contribution in [1.82, 2.24) is 9.66 Å². The van der Waals surface area contributed by atoms with Gasteiger partial charge in [-0.25, -0.2) is 9.66 Å². The number of aromatic nitrogens is 2. The van der Waals surface area contributed by atoms with Crippen LogP contribution in [0.4, 0.5) is 5.69 Å². The molecule has 3 rings (SSSR count). The quantitative estimate of drug-likeness (QED) is 0.554. The van der Waals surface area contributed by atoms with E-state index in [4.69, 9.17) is 11.6 Å². The predicted molar refractivity (Wildman–Crippen MR) is 95.1 cm³/mol. The summed E-state index contributed by atoms with van der Waals surface area (Å²) in [6.07, 6.45) is 1.99. The van der Waals surface area contributed by atoms with Crippen LogP contribution in [0.25, 0.3) is 10.2 Å². The number of halogens is 1. The summed E-state index contributed by atoms with van der Waals surface area (Å²) in [6, 6.07) is 5.38. The molecular formula is C15H11ClN4O4S. The van der Waals surface area contributed by atoms with Crippen molar-refractivity contribution < 1.29 is 9.72 Å². The summed E-state index contributed by atoms with van der Waals surface area (Å²) in [5.41, 5.74) is 1.57. The van der Waals surface area contributed by atoms with Crippen molar-refractivity contribution in [2.75, 3.05) is 5.43 Å². The Morgan fingerprint density at radius 3 is 2.88 bits per heavy atom. The zero-order chi connectivity index (χ0) is 18.1. The lowest BCUT2D eigenvalue weighted by molar-refractivity contribution is -0.384. The molecule has 128 valence electrons. The number of nitrogens with one attached hydrogen (secondary N) is 1. The zero-order valence-corrected chi connectivity index (χ0v) is 14.4. The lowest BCUT2D eigenvalue weighted by atomic mass is 10.2. The zero-order valence-electron chi connectivity index (χ0n) is 12.9. The van der Waals surface area contributed by atoms with Crippen molar-refractivity contribution in [2.45, 2.75) is 13.3 Å². The molecule has 0 atom stereocenters. The maximum Gasteiger partial charge on any atom is 0.288 e. The summed E-state index contributed by atoms with van der Waals surface area (Å²) in [5.74, 6) is -0.686. The van der Waals surface area contributed by atoms with Crippen molar-refractivity contribution in [1.29, 1.82) is 0 Å². The van der Waals surface area contributed by atoms with Crippen LogP contribution in [0.5, 0.6) is 0 Å². The molecular weight excluding hydrogens is 368 g/mol. The molecule has 0 saturated carbocycles. The minimum atomic E-state index is -0.686. The van der Waals surface area contributed by atoms with Gasteiger partial charge in [0.25, 0.3) is 17.2 Å². The van der Waals surface area contributed by atoms with Crippen molar-refractivity contribution in [3.63, 3.8) is 0 Å². The highest BCUT2D eigenvalue weighted by Gasteiger charge is 2.17. The number of benzene rings is 1. The predicted octanol–water partition coefficient (Wildman–Crippen LogP) is 2.97. The first-order valence-corrected chi connectivity index (χ1v) is 8.35. The number of aryl methyl sites for hydroxylation is 1. The average Bonchev–Trinajstić information content (AvgIpc) is 3.01. The van der Waals surface area contributed by atoms with Gasteiger partial charge in [-0.3, -0.25) is 25.1 Å². The fraction of sp³-hybridized carbons (Fsp3) is 0.133. The van der Waals surface area contributed by atoms with Crippen LogP contribution in [0.3, 0.4) is 0 Å². The molecule has 0 unspecified atom stereocenters. The van der Waals surface area contributed by atoms with Crippen molar-refractivity contribution >= 4 is 44.7 Å². The summed E-state index contributed by atoms with van der Waals surface area (Å²) in [4.78, 5) is 40.7. The summed E-state index contributed by atoms with van der Waals surface area (Å²) in [6.45, 7) is 1.97. The number of amides is 1. The first kappa shape index (κ1) is 17.1. The second-order valence-electron chi connectivity index (χ2n) is 5.07. The summed E-state index contributed by atoms with van der Waals surface area (Å²) < 4.78 is 0.956. The van der Waals surface area contributed by atoms with E-state index in [1.165, 1.54) is 29.8 Å². The highest BCUT2D eigenvalue weighted by Crippen LogP contribution is 2.25. The number of rotatable bonds is 4. The summed E-state index contributed by atoms with van der Waals surface area (Å²) in [5, 5.41) is 11.2. The van der Waals surface area contributed by atoms with E-state index in [2.05, 4.69) is 10.4 Å². The first-order valence-electron chi connectivity index (χ1n) is 7.16. The lowest BCUT2D eigenvalue weighted by Gasteiger charge is -2.07. The number of fused-ring (bicyclic) bond motifs is 1. The molecule has 0 bridgehead atoms. The molecule has 1 aromatic carbocycles. The molecule has 1 N–H and O–H groups in total. The third-order valence-corrected chi connectivity index (χ3v) is 4.99. The van der Waals surface area contributed by atoms with E-state index >= 15 is 0 Å². The van der Waals surface area contributed by atoms with E-state index in [-0.39, 0.29) is 16.3 Å². The Balaban J connectivity index is 1.94. The molecule has 2 heterocycles. The number of nitrogens with zero attached hydrogens (tertiary/aromatic N) is 3. The largest absolute Gasteiger partial charge is 0.288 e. The Morgan fingerprint density at radius 2 is 2.20 bits per heavy atom. The van der Waals surface area contributed by atoms with Gasteiger partial charge in [-0.15, -0.1) is 11.3 Å². The van der Waals surface area contributed by atoms with Gasteiger partial charge in [-0.1, -0.05) is 18.5 Å². The fourth-order valence-corrected chi connectivity index (χ4v) is 3.31. The van der Waals surface area contributed by atoms with Gasteiger partial charge in [-0.2, -0.15) is 0 Å². The van der Waals surface area contributed by atoms with Gasteiger partial charge in [0.15, 0.2) is 0 Å². The van der Waals surface area contributed by atoms with Crippen molar-refractivity contribution in [3.05, 3.63) is 66.5 Å². The molecule has 0 spiro atoms. The maximum atomic E-state index is 12.4. The Morgan fingerprint density at radius 1 is 1.44 bits per heavy atom. The van der Waals surface area contributed by atoms with Crippen molar-refractivity contribution in [3.8, 4) is 0 Å². The molecule has 3 aromatic rings. The lowest BCUT2D eigenvalue weighted by Crippen LogP contribution is -2.33. The monoisotopic (exact) mass is 378 g/mol. The number of nitro benzene ring substituents is 1. The van der Waals surface area contributed by atoms with Gasteiger partial charge >= 0.3 is 0 Å². The standard InChI is InChI=1S/C15H11ClN4O4S/c1-2-9-6-10-14(25-9)17-7-19(15(10)22)18-13(21)8-3-4-11(16)12(5-8)20(23)24/h3-7H,2H2,1H3,(H,18,21). The van der Waals surface area contributed by atoms with Crippen LogP contribution in [0, 0.1) is 10.1 Å². The van der Waals surface area contributed by atoms with Gasteiger partial charge in [0.2, 0.25) is 0 Å². The molecule has 0 aliphatic heterocycles. The van der Waals surface area contributed by atoms with Crippen LogP contribution >= 0.6 is 22.9 Å². The molecule has 25 heavy (non-hydrogen) atoms. The fourth-order valence-electron chi connectivity index (χ4n) is 2.19. The highest BCUT2D eigenvalue weighted by atomic mass is 35.5. The smallest absolute Gasteiger partial charge is 0.267 e. The van der Waals surface area contributed by atoms with Crippen molar-refractivity contribution in [2.24, 2.45) is 0 Å². The number of carbonyl (C=O) groups excluding carboxylic acids is 1. The van der Waals surface area contributed by atoms with E-state index in [1.54, 1.807) is 6.07 Å². The van der Waals surface area contributed by atoms with Gasteiger partial charge in [-0.05, 0) is 24.6 Å². The Labute approximate surface area is 149 Å². The van der Waals surface area contributed by atoms with Gasteiger partial charge < -0.3 is 0 Å². The number of nitro groups is 1. The SMILES string of the molecule is CCc1cc2c(=O)n(NC(=O)c3ccc(Cl)c([N+](=O)[O-])c3)cnc2s1. The number of carbonyl (C=O) groups is 1. The van der Waals surface area contributed by atoms with Crippen LogP contribution < -0.4 is 11.0 Å². The highest BCUT2D eigenvalue weighted by molar-refractivity contribution is 7.18. The number of thiophene rings is 1. The summed E-state index contributed by atoms with van der Waals surface area (Å²) in [7, 11) is 0. The van der Waals surface area contributed by atoms with E-state index in [0.29, 0.717) is 10.2 Å². The number of hydrogen-bond donors (Lipinski definition) is 1. The van der Waals surface area contributed by atoms with Crippen LogP contribution in [0.15, 0.2) is 35.4 Å². The molecule has 1 amide bonds. The average molecular weight is 379 g/mol. The Hall–Kier alpha value is -2.78. The third-order valence-electron chi connectivity index (χ3n) is 3.48. The first-order chi connectivity index (χ1) is 11.9. The normalized spacial score (nSPS) is 10.8. The number of hydrogen-bond acceptors (Lipinski definition) is 6. The van der Waals surface area contributed by atoms with E-state index in [0.717, 1.165) is 22.0 Å². The van der Waals surface area contributed by atoms with Gasteiger partial charge in [0.05, 0.1) is 10.3 Å². The second kappa shape index (κ2) is 6.61. The minimum Gasteiger partial charge on any atom is -0.267 e. The Kier molecular flexibility index (Phi) is 4.51. The summed E-state index contributed by atoms with van der Waals surface area (Å²) >= 11 is 7.14. The van der Waals surface area contributed by atoms with Crippen LogP contribution in [0.1, 0.15) is 22.2 Å². The van der Waals surface area contributed by atoms with E-state index in [9.17, 15) is 19.7 Å². The van der Waals surface area contributed by atoms with E-state index < -0.39 is 16.4 Å². The molecule has 0 saturated heterocycles. The molecule has 0 aliphatic rings. The van der Waals surface area contributed by atoms with Crippen LogP contribution in [-0.4, -0.2) is 20.5 Å². The molecule has 0 fully saturated rings. The molecule has 0 aliphatic carbocycles. The topological polar surface area (TPSA) is 107 Å². The maximum absolute atomic E-state index is 12.4.